The van der Waals surface area contributed by atoms with Gasteiger partial charge in [0.05, 0.1) is 8.07 Å². The van der Waals surface area contributed by atoms with Crippen LogP contribution in [-0.4, -0.2) is 63.0 Å². The Hall–Kier alpha value is -0.979. The van der Waals surface area contributed by atoms with Crippen LogP contribution in [0.25, 0.3) is 0 Å². The van der Waals surface area contributed by atoms with E-state index in [4.69, 9.17) is 4.43 Å². The number of amides is 1. The fourth-order valence-electron chi connectivity index (χ4n) is 2.41. The molecule has 0 aromatic heterocycles. The number of carboxylic acid groups (broad SMARTS) is 2. The van der Waals surface area contributed by atoms with Crippen molar-refractivity contribution in [2.24, 2.45) is 0 Å². The van der Waals surface area contributed by atoms with Crippen LogP contribution in [0.15, 0.2) is 0 Å². The lowest BCUT2D eigenvalue weighted by Gasteiger charge is -2.47. The fraction of sp³-hybridized carbons (Fsp3) is 0.786. The van der Waals surface area contributed by atoms with E-state index in [9.17, 15) is 24.6 Å². The Balaban J connectivity index is 6.46. The summed E-state index contributed by atoms with van der Waals surface area (Å²) in [5.41, 5.74) is -2.66. The number of carboxylic acids is 2. The Morgan fingerprint density at radius 1 is 0.875 bits per heavy atom. The van der Waals surface area contributed by atoms with Crippen molar-refractivity contribution < 1.29 is 29.0 Å². The number of rotatable bonds is 8. The maximum absolute atomic E-state index is 13.0. The van der Waals surface area contributed by atoms with Crippen molar-refractivity contribution in [3.05, 3.63) is 0 Å². The Bertz CT molecular complexity index is 502. The summed E-state index contributed by atoms with van der Waals surface area (Å²) in [7, 11) is -7.12. The molecule has 0 aliphatic heterocycles. The molecule has 0 saturated carbocycles. The van der Waals surface area contributed by atoms with E-state index in [1.807, 2.05) is 19.6 Å². The first-order valence-electron chi connectivity index (χ1n) is 7.85. The molecular weight excluding hydrogens is 362 g/mol. The minimum Gasteiger partial charge on any atom is -0.477 e. The van der Waals surface area contributed by atoms with Gasteiger partial charge in [0.25, 0.3) is 0 Å². The molecule has 0 aliphatic carbocycles. The molecule has 0 bridgehead atoms. The van der Waals surface area contributed by atoms with Gasteiger partial charge in [-0.2, -0.15) is 0 Å². The maximum Gasteiger partial charge on any atom is 0.368 e. The number of hydrogen-bond acceptors (Lipinski definition) is 4. The summed E-state index contributed by atoms with van der Waals surface area (Å²) in [6.07, 6.45) is 0. The minimum atomic E-state index is -2.67. The lowest BCUT2D eigenvalue weighted by Crippen LogP contribution is -2.72. The number of hydrogen-bond donors (Lipinski definition) is 2. The van der Waals surface area contributed by atoms with Gasteiger partial charge in [-0.05, 0) is 19.6 Å². The molecule has 0 radical (unpaired) electrons. The van der Waals surface area contributed by atoms with Gasteiger partial charge in [0, 0.05) is 6.04 Å². The quantitative estimate of drug-likeness (QED) is 0.373. The summed E-state index contributed by atoms with van der Waals surface area (Å²) in [5.74, 6) is -3.75. The van der Waals surface area contributed by atoms with Crippen LogP contribution in [-0.2, 0) is 18.8 Å². The Kier molecular flexibility index (Phi) is 6.81. The van der Waals surface area contributed by atoms with E-state index in [-0.39, 0.29) is 6.04 Å². The zero-order chi connectivity index (χ0) is 19.7. The van der Waals surface area contributed by atoms with E-state index >= 15 is 0 Å². The van der Waals surface area contributed by atoms with Gasteiger partial charge in [-0.25, -0.2) is 9.59 Å². The molecule has 0 heterocycles. The van der Waals surface area contributed by atoms with Crippen LogP contribution in [0.1, 0.15) is 0 Å². The molecule has 0 atom stereocenters. The van der Waals surface area contributed by atoms with Crippen molar-refractivity contribution >= 4 is 42.5 Å². The summed E-state index contributed by atoms with van der Waals surface area (Å²) in [6.45, 7) is 16.3. The molecule has 7 nitrogen and oxygen atoms in total. The van der Waals surface area contributed by atoms with Crippen LogP contribution in [0.2, 0.25) is 65.0 Å². The molecule has 0 unspecified atom stereocenters. The van der Waals surface area contributed by atoms with Gasteiger partial charge in [0.1, 0.15) is 0 Å². The van der Waals surface area contributed by atoms with Crippen molar-refractivity contribution in [3.63, 3.8) is 0 Å². The number of carbonyl (C=O) groups excluding carboxylic acids is 1. The van der Waals surface area contributed by atoms with Crippen molar-refractivity contribution in [3.8, 4) is 0 Å². The topological polar surface area (TPSA) is 104 Å². The average Bonchev–Trinajstić information content (AvgIpc) is 2.20. The summed E-state index contributed by atoms with van der Waals surface area (Å²) >= 11 is 0. The third-order valence-corrected chi connectivity index (χ3v) is 7.13. The normalized spacial score (nSPS) is 13.5. The van der Waals surface area contributed by atoms with E-state index in [0.717, 1.165) is 4.57 Å². The molecule has 0 rings (SSSR count). The van der Waals surface area contributed by atoms with Crippen molar-refractivity contribution in [1.29, 1.82) is 0 Å². The van der Waals surface area contributed by atoms with E-state index in [0.29, 0.717) is 0 Å². The second-order valence-corrected chi connectivity index (χ2v) is 23.8. The lowest BCUT2D eigenvalue weighted by molar-refractivity contribution is -0.190. The number of carbonyl (C=O) groups is 3. The largest absolute Gasteiger partial charge is 0.477 e. The third-order valence-electron chi connectivity index (χ3n) is 2.95. The van der Waals surface area contributed by atoms with Gasteiger partial charge in [0.2, 0.25) is 5.91 Å². The molecule has 0 fully saturated rings. The fourth-order valence-corrected chi connectivity index (χ4v) is 6.89. The van der Waals surface area contributed by atoms with Crippen LogP contribution in [0, 0.1) is 0 Å². The van der Waals surface area contributed by atoms with Gasteiger partial charge < -0.3 is 19.2 Å². The predicted molar refractivity (Wildman–Crippen MR) is 101 cm³/mol. The monoisotopic (exact) mass is 393 g/mol. The Morgan fingerprint density at radius 2 is 1.25 bits per heavy atom. The predicted octanol–water partition coefficient (Wildman–Crippen LogP) is 2.71. The van der Waals surface area contributed by atoms with Crippen LogP contribution in [0.3, 0.4) is 0 Å². The SMILES string of the molecule is C[Si](C)(C)CC(=O)N(C(O[Si](C)(C)C)(C(=O)O)C(=O)O)[Si](C)(C)C. The van der Waals surface area contributed by atoms with E-state index in [1.54, 1.807) is 39.3 Å². The molecule has 1 amide bonds. The molecular formula is C14H31NO6Si3. The molecule has 0 saturated heterocycles. The minimum absolute atomic E-state index is 0.175. The summed E-state index contributed by atoms with van der Waals surface area (Å²) in [4.78, 5) is 37.1. The molecule has 0 aliphatic rings. The highest BCUT2D eigenvalue weighted by Crippen LogP contribution is 2.31. The Morgan fingerprint density at radius 3 is 1.46 bits per heavy atom. The van der Waals surface area contributed by atoms with Gasteiger partial charge in [0.15, 0.2) is 16.6 Å². The second kappa shape index (κ2) is 7.10. The maximum atomic E-state index is 13.0. The van der Waals surface area contributed by atoms with Gasteiger partial charge in [-0.1, -0.05) is 39.3 Å². The first-order chi connectivity index (χ1) is 10.3. The Labute approximate surface area is 147 Å². The van der Waals surface area contributed by atoms with Crippen LogP contribution >= 0.6 is 0 Å². The molecule has 24 heavy (non-hydrogen) atoms. The number of aliphatic carboxylic acids is 2. The van der Waals surface area contributed by atoms with Crippen LogP contribution in [0.4, 0.5) is 0 Å². The first-order valence-corrected chi connectivity index (χ1v) is 18.4. The highest BCUT2D eigenvalue weighted by molar-refractivity contribution is 6.81. The van der Waals surface area contributed by atoms with Gasteiger partial charge in [-0.3, -0.25) is 4.79 Å². The summed E-state index contributed by atoms with van der Waals surface area (Å²) in [6, 6.07) is 0.175. The van der Waals surface area contributed by atoms with Crippen LogP contribution in [0.5, 0.6) is 0 Å². The third kappa shape index (κ3) is 5.83. The molecule has 0 spiro atoms. The smallest absolute Gasteiger partial charge is 0.368 e. The zero-order valence-electron chi connectivity index (χ0n) is 16.2. The van der Waals surface area contributed by atoms with Crippen molar-refractivity contribution in [2.45, 2.75) is 70.7 Å². The lowest BCUT2D eigenvalue weighted by atomic mass is 10.2. The van der Waals surface area contributed by atoms with Gasteiger partial charge in [-0.15, -0.1) is 0 Å². The molecule has 0 aromatic rings. The average molecular weight is 394 g/mol. The van der Waals surface area contributed by atoms with Crippen LogP contribution < -0.4 is 0 Å². The molecule has 0 aromatic carbocycles. The van der Waals surface area contributed by atoms with E-state index in [1.165, 1.54) is 0 Å². The molecule has 10 heteroatoms. The number of nitrogens with zero attached hydrogens (tertiary/aromatic N) is 1. The van der Waals surface area contributed by atoms with Gasteiger partial charge >= 0.3 is 17.7 Å². The summed E-state index contributed by atoms with van der Waals surface area (Å²) in [5, 5.41) is 19.6. The zero-order valence-corrected chi connectivity index (χ0v) is 19.2. The van der Waals surface area contributed by atoms with Crippen molar-refractivity contribution in [2.75, 3.05) is 0 Å². The molecule has 140 valence electrons. The second-order valence-electron chi connectivity index (χ2n) is 9.11. The van der Waals surface area contributed by atoms with Crippen molar-refractivity contribution in [1.82, 2.24) is 4.57 Å². The highest BCUT2D eigenvalue weighted by atomic mass is 28.4. The summed E-state index contributed by atoms with van der Waals surface area (Å²) < 4.78 is 6.71. The van der Waals surface area contributed by atoms with E-state index < -0.39 is 48.2 Å². The standard InChI is InChI=1S/C14H31NO6Si3/c1-22(2,3)10-11(16)15(23(4,5)6)14(12(17)18,13(19)20)21-24(7,8)9/h10H2,1-9H3,(H,17,18)(H,19,20). The van der Waals surface area contributed by atoms with E-state index in [2.05, 4.69) is 0 Å². The highest BCUT2D eigenvalue weighted by Gasteiger charge is 2.60. The first kappa shape index (κ1) is 23.0. The molecule has 2 N–H and O–H groups in total.